The Hall–Kier alpha value is -2.84. The van der Waals surface area contributed by atoms with E-state index in [1.165, 1.54) is 0 Å². The molecule has 2 aromatic carbocycles. The Morgan fingerprint density at radius 2 is 1.06 bits per heavy atom. The molecular weight excluding hydrogens is 452 g/mol. The van der Waals surface area contributed by atoms with Crippen LogP contribution in [0.5, 0.6) is 0 Å². The number of carbonyl (C=O) groups excluding carboxylic acids is 2. The molecule has 6 nitrogen and oxygen atoms in total. The third-order valence-electron chi connectivity index (χ3n) is 4.81. The zero-order valence-corrected chi connectivity index (χ0v) is 20.9. The first-order valence-electron chi connectivity index (χ1n) is 11.3. The fourth-order valence-corrected chi connectivity index (χ4v) is 3.64. The van der Waals surface area contributed by atoms with Gasteiger partial charge in [-0.1, -0.05) is 87.5 Å². The highest BCUT2D eigenvalue weighted by atomic mass is 32.1. The van der Waals surface area contributed by atoms with Crippen molar-refractivity contribution < 1.29 is 9.59 Å². The van der Waals surface area contributed by atoms with E-state index in [0.29, 0.717) is 22.8 Å². The van der Waals surface area contributed by atoms with Gasteiger partial charge in [0.05, 0.1) is 11.4 Å². The Labute approximate surface area is 207 Å². The number of hydrogen-bond acceptors (Lipinski definition) is 4. The number of carbonyl (C=O) groups is 2. The van der Waals surface area contributed by atoms with Crippen molar-refractivity contribution in [3.05, 3.63) is 60.7 Å². The maximum atomic E-state index is 12.8. The Morgan fingerprint density at radius 1 is 0.697 bits per heavy atom. The van der Waals surface area contributed by atoms with Crippen LogP contribution in [0.3, 0.4) is 0 Å². The lowest BCUT2D eigenvalue weighted by Gasteiger charge is -2.27. The number of benzene rings is 2. The zero-order valence-electron chi connectivity index (χ0n) is 19.3. The summed E-state index contributed by atoms with van der Waals surface area (Å²) >= 11 is 11.1. The monoisotopic (exact) mass is 484 g/mol. The van der Waals surface area contributed by atoms with E-state index in [0.717, 1.165) is 37.1 Å². The van der Waals surface area contributed by atoms with Crippen LogP contribution in [0.25, 0.3) is 0 Å². The fraction of sp³-hybridized carbons (Fsp3) is 0.360. The molecule has 2 N–H and O–H groups in total. The minimum atomic E-state index is -0.456. The number of unbranched alkanes of at least 4 members (excludes halogenated alkanes) is 2. The molecule has 0 spiro atoms. The molecule has 8 heteroatoms. The van der Waals surface area contributed by atoms with Crippen molar-refractivity contribution in [2.45, 2.75) is 58.8 Å². The van der Waals surface area contributed by atoms with Gasteiger partial charge in [0, 0.05) is 12.8 Å². The van der Waals surface area contributed by atoms with E-state index in [1.807, 2.05) is 60.7 Å². The maximum Gasteiger partial charge on any atom is 0.248 e. The maximum absolute atomic E-state index is 12.8. The number of rotatable bonds is 10. The summed E-state index contributed by atoms with van der Waals surface area (Å²) < 4.78 is 0. The quantitative estimate of drug-likeness (QED) is 0.264. The number of nitrogens with one attached hydrogen (secondary N) is 2. The Bertz CT molecular complexity index is 847. The Balaban J connectivity index is 2.07. The summed E-state index contributed by atoms with van der Waals surface area (Å²) in [5.74, 6) is -0.912. The summed E-state index contributed by atoms with van der Waals surface area (Å²) in [5.41, 5.74) is 7.08. The lowest BCUT2D eigenvalue weighted by atomic mass is 10.2. The van der Waals surface area contributed by atoms with Crippen molar-refractivity contribution >= 4 is 57.6 Å². The van der Waals surface area contributed by atoms with Crippen molar-refractivity contribution in [1.29, 1.82) is 0 Å². The van der Waals surface area contributed by atoms with Gasteiger partial charge in [0.1, 0.15) is 16.4 Å². The van der Waals surface area contributed by atoms with Crippen LogP contribution in [0, 0.1) is 0 Å². The first-order chi connectivity index (χ1) is 16.0. The molecule has 0 radical (unpaired) electrons. The van der Waals surface area contributed by atoms with Crippen LogP contribution in [-0.2, 0) is 9.59 Å². The highest BCUT2D eigenvalue weighted by Crippen LogP contribution is 2.16. The van der Waals surface area contributed by atoms with Gasteiger partial charge < -0.3 is 0 Å². The van der Waals surface area contributed by atoms with Crippen molar-refractivity contribution in [3.8, 4) is 0 Å². The fourth-order valence-electron chi connectivity index (χ4n) is 3.05. The van der Waals surface area contributed by atoms with E-state index in [1.54, 1.807) is 10.0 Å². The molecule has 2 rings (SSSR count). The number of hydrazine groups is 2. The van der Waals surface area contributed by atoms with Crippen molar-refractivity contribution in [3.63, 3.8) is 0 Å². The van der Waals surface area contributed by atoms with Gasteiger partial charge >= 0.3 is 0 Å². The highest BCUT2D eigenvalue weighted by molar-refractivity contribution is 7.80. The molecule has 2 aromatic rings. The summed E-state index contributed by atoms with van der Waals surface area (Å²) in [5, 5.41) is 3.17. The van der Waals surface area contributed by atoms with Gasteiger partial charge in [-0.25, -0.2) is 10.0 Å². The smallest absolute Gasteiger partial charge is 0.248 e. The molecular formula is C25H32N4O2S2. The predicted molar refractivity (Wildman–Crippen MR) is 143 cm³/mol. The van der Waals surface area contributed by atoms with E-state index in [2.05, 4.69) is 24.7 Å². The number of nitrogens with zero attached hydrogens (tertiary/aromatic N) is 2. The van der Waals surface area contributed by atoms with Crippen LogP contribution in [-0.4, -0.2) is 21.8 Å². The van der Waals surface area contributed by atoms with E-state index in [9.17, 15) is 9.59 Å². The molecule has 33 heavy (non-hydrogen) atoms. The second-order valence-electron chi connectivity index (χ2n) is 7.58. The molecule has 0 aliphatic heterocycles. The topological polar surface area (TPSA) is 64.7 Å². The molecule has 0 saturated carbocycles. The van der Waals surface area contributed by atoms with Gasteiger partial charge in [0.15, 0.2) is 0 Å². The molecule has 0 saturated heterocycles. The molecule has 0 atom stereocenters. The molecule has 0 aromatic heterocycles. The molecule has 0 aliphatic rings. The summed E-state index contributed by atoms with van der Waals surface area (Å²) in [4.78, 5) is 26.7. The first kappa shape index (κ1) is 26.4. The van der Waals surface area contributed by atoms with Crippen molar-refractivity contribution in [2.24, 2.45) is 0 Å². The van der Waals surface area contributed by atoms with E-state index in [-0.39, 0.29) is 6.42 Å². The summed E-state index contributed by atoms with van der Waals surface area (Å²) in [6, 6.07) is 18.7. The normalized spacial score (nSPS) is 10.2. The van der Waals surface area contributed by atoms with Crippen LogP contribution in [0.2, 0.25) is 0 Å². The van der Waals surface area contributed by atoms with Crippen molar-refractivity contribution in [1.82, 2.24) is 10.9 Å². The van der Waals surface area contributed by atoms with Gasteiger partial charge in [0.2, 0.25) is 11.8 Å². The minimum absolute atomic E-state index is 0.362. The molecule has 0 heterocycles. The molecule has 176 valence electrons. The predicted octanol–water partition coefficient (Wildman–Crippen LogP) is 5.49. The molecule has 0 aliphatic carbocycles. The molecule has 0 fully saturated rings. The average Bonchev–Trinajstić information content (AvgIpc) is 2.83. The van der Waals surface area contributed by atoms with Crippen LogP contribution in [0.1, 0.15) is 58.8 Å². The molecule has 2 amide bonds. The number of thiocarbonyl (C=S) groups is 2. The van der Waals surface area contributed by atoms with E-state index >= 15 is 0 Å². The van der Waals surface area contributed by atoms with Gasteiger partial charge in [0.25, 0.3) is 0 Å². The molecule has 0 unspecified atom stereocenters. The molecule has 0 bridgehead atoms. The summed E-state index contributed by atoms with van der Waals surface area (Å²) in [6.07, 6.45) is 4.79. The Morgan fingerprint density at radius 3 is 1.39 bits per heavy atom. The van der Waals surface area contributed by atoms with E-state index in [4.69, 9.17) is 24.4 Å². The van der Waals surface area contributed by atoms with Gasteiger partial charge in [-0.3, -0.25) is 20.4 Å². The second kappa shape index (κ2) is 14.3. The van der Waals surface area contributed by atoms with Gasteiger partial charge in [-0.05, 0) is 37.1 Å². The largest absolute Gasteiger partial charge is 0.273 e. The number of hydrogen-bond donors (Lipinski definition) is 2. The van der Waals surface area contributed by atoms with Crippen LogP contribution < -0.4 is 20.9 Å². The number of amides is 2. The SMILES string of the molecule is CCCCC(=S)N(NC(=O)CC(=O)NN(C(=S)CCCC)c1ccccc1)c1ccccc1. The number of anilines is 2. The van der Waals surface area contributed by atoms with Gasteiger partial charge in [-0.15, -0.1) is 0 Å². The van der Waals surface area contributed by atoms with Gasteiger partial charge in [-0.2, -0.15) is 0 Å². The van der Waals surface area contributed by atoms with Crippen LogP contribution >= 0.6 is 24.4 Å². The standard InChI is InChI=1S/C25H32N4O2S2/c1-3-5-17-24(32)28(20-13-9-7-10-14-20)26-22(30)19-23(31)27-29(25(33)18-6-4-2)21-15-11-8-12-16-21/h7-16H,3-6,17-19H2,1-2H3,(H,26,30)(H,27,31). The summed E-state index contributed by atoms with van der Waals surface area (Å²) in [6.45, 7) is 4.17. The second-order valence-corrected chi connectivity index (χ2v) is 8.53. The van der Waals surface area contributed by atoms with Crippen molar-refractivity contribution in [2.75, 3.05) is 10.0 Å². The third kappa shape index (κ3) is 8.90. The average molecular weight is 485 g/mol. The highest BCUT2D eigenvalue weighted by Gasteiger charge is 2.20. The lowest BCUT2D eigenvalue weighted by Crippen LogP contribution is -2.50. The third-order valence-corrected chi connectivity index (χ3v) is 5.58. The minimum Gasteiger partial charge on any atom is -0.273 e. The zero-order chi connectivity index (χ0) is 24.1. The summed E-state index contributed by atoms with van der Waals surface area (Å²) in [7, 11) is 0. The lowest BCUT2D eigenvalue weighted by molar-refractivity contribution is -0.129. The number of para-hydroxylation sites is 2. The first-order valence-corrected chi connectivity index (χ1v) is 12.1. The Kier molecular flexibility index (Phi) is 11.5. The van der Waals surface area contributed by atoms with E-state index < -0.39 is 11.8 Å². The van der Waals surface area contributed by atoms with Crippen LogP contribution in [0.15, 0.2) is 60.7 Å². The van der Waals surface area contributed by atoms with Crippen LogP contribution in [0.4, 0.5) is 11.4 Å².